The van der Waals surface area contributed by atoms with Gasteiger partial charge in [0.25, 0.3) is 5.91 Å². The molecule has 3 rings (SSSR count). The third kappa shape index (κ3) is 3.79. The molecule has 0 heterocycles. The van der Waals surface area contributed by atoms with Crippen LogP contribution in [0.3, 0.4) is 0 Å². The molecule has 2 aromatic rings. The monoisotopic (exact) mass is 380 g/mol. The van der Waals surface area contributed by atoms with Crippen LogP contribution in [-0.4, -0.2) is 43.1 Å². The van der Waals surface area contributed by atoms with Crippen molar-refractivity contribution < 1.29 is 19.1 Å². The molecule has 0 spiro atoms. The fourth-order valence-corrected chi connectivity index (χ4v) is 3.75. The summed E-state index contributed by atoms with van der Waals surface area (Å²) in [4.78, 5) is 26.6. The lowest BCUT2D eigenvalue weighted by Crippen LogP contribution is -2.51. The Morgan fingerprint density at radius 1 is 1.14 bits per heavy atom. The normalized spacial score (nSPS) is 15.5. The minimum atomic E-state index is -0.803. The van der Waals surface area contributed by atoms with Gasteiger partial charge in [-0.3, -0.25) is 4.79 Å². The first-order valence-electron chi connectivity index (χ1n) is 9.42. The van der Waals surface area contributed by atoms with Crippen LogP contribution in [0.25, 0.3) is 10.8 Å². The van der Waals surface area contributed by atoms with Crippen LogP contribution in [0.5, 0.6) is 5.75 Å². The Bertz CT molecular complexity index is 926. The number of ether oxygens (including phenoxy) is 2. The molecule has 28 heavy (non-hydrogen) atoms. The number of fused-ring (bicyclic) bond motifs is 1. The van der Waals surface area contributed by atoms with Crippen LogP contribution in [0.2, 0.25) is 0 Å². The van der Waals surface area contributed by atoms with Crippen molar-refractivity contribution in [3.8, 4) is 11.8 Å². The summed E-state index contributed by atoms with van der Waals surface area (Å²) in [6, 6.07) is 13.4. The molecule has 6 nitrogen and oxygen atoms in total. The summed E-state index contributed by atoms with van der Waals surface area (Å²) in [7, 11) is 3.10. The van der Waals surface area contributed by atoms with Crippen molar-refractivity contribution in [1.29, 1.82) is 5.26 Å². The molecule has 1 aliphatic rings. The molecule has 0 saturated heterocycles. The van der Waals surface area contributed by atoms with Crippen LogP contribution in [0.4, 0.5) is 0 Å². The van der Waals surface area contributed by atoms with Crippen LogP contribution < -0.4 is 4.74 Å². The fourth-order valence-electron chi connectivity index (χ4n) is 3.75. The molecule has 0 unspecified atom stereocenters. The first kappa shape index (κ1) is 19.7. The van der Waals surface area contributed by atoms with E-state index in [1.54, 1.807) is 19.2 Å². The number of esters is 1. The van der Waals surface area contributed by atoms with E-state index < -0.39 is 18.1 Å². The second-order valence-electron chi connectivity index (χ2n) is 7.13. The van der Waals surface area contributed by atoms with Crippen molar-refractivity contribution in [1.82, 2.24) is 4.90 Å². The number of rotatable bonds is 5. The van der Waals surface area contributed by atoms with Crippen molar-refractivity contribution >= 4 is 22.6 Å². The van der Waals surface area contributed by atoms with Gasteiger partial charge in [0.15, 0.2) is 6.61 Å². The number of methoxy groups -OCH3 is 1. The predicted octanol–water partition coefficient (Wildman–Crippen LogP) is 3.69. The fraction of sp³-hybridized carbons (Fsp3) is 0.409. The lowest BCUT2D eigenvalue weighted by molar-refractivity contribution is -0.138. The Morgan fingerprint density at radius 2 is 1.79 bits per heavy atom. The summed E-state index contributed by atoms with van der Waals surface area (Å²) in [5.74, 6) is -0.610. The number of amides is 1. The Kier molecular flexibility index (Phi) is 5.84. The summed E-state index contributed by atoms with van der Waals surface area (Å²) in [6.45, 7) is -0.408. The number of carbonyl (C=O) groups is 2. The molecule has 0 bridgehead atoms. The van der Waals surface area contributed by atoms with E-state index in [-0.39, 0.29) is 11.5 Å². The molecule has 1 fully saturated rings. The smallest absolute Gasteiger partial charge is 0.342 e. The van der Waals surface area contributed by atoms with E-state index in [0.29, 0.717) is 18.6 Å². The highest BCUT2D eigenvalue weighted by molar-refractivity contribution is 5.99. The summed E-state index contributed by atoms with van der Waals surface area (Å²) >= 11 is 0. The van der Waals surface area contributed by atoms with Gasteiger partial charge in [0.05, 0.1) is 13.2 Å². The number of carbonyl (C=O) groups excluding carboxylic acids is 2. The zero-order valence-electron chi connectivity index (χ0n) is 16.2. The second-order valence-corrected chi connectivity index (χ2v) is 7.13. The summed E-state index contributed by atoms with van der Waals surface area (Å²) in [6.07, 6.45) is 4.21. The molecule has 0 N–H and O–H groups in total. The van der Waals surface area contributed by atoms with Gasteiger partial charge in [-0.2, -0.15) is 5.26 Å². The van der Waals surface area contributed by atoms with Gasteiger partial charge >= 0.3 is 5.97 Å². The van der Waals surface area contributed by atoms with Crippen molar-refractivity contribution in [3.63, 3.8) is 0 Å². The maximum absolute atomic E-state index is 12.6. The van der Waals surface area contributed by atoms with Crippen molar-refractivity contribution in [2.45, 2.75) is 37.6 Å². The van der Waals surface area contributed by atoms with Gasteiger partial charge < -0.3 is 14.4 Å². The third-order valence-corrected chi connectivity index (χ3v) is 5.52. The van der Waals surface area contributed by atoms with Crippen LogP contribution in [-0.2, 0) is 9.53 Å². The first-order valence-corrected chi connectivity index (χ1v) is 9.42. The van der Waals surface area contributed by atoms with Crippen LogP contribution >= 0.6 is 0 Å². The molecule has 0 aliphatic heterocycles. The summed E-state index contributed by atoms with van der Waals surface area (Å²) in [5, 5.41) is 11.4. The number of nitriles is 1. The average Bonchev–Trinajstić information content (AvgIpc) is 2.76. The quantitative estimate of drug-likeness (QED) is 0.739. The van der Waals surface area contributed by atoms with Gasteiger partial charge in [-0.25, -0.2) is 4.79 Å². The van der Waals surface area contributed by atoms with E-state index >= 15 is 0 Å². The zero-order chi connectivity index (χ0) is 20.1. The SMILES string of the molecule is COc1cc2ccccc2cc1C(=O)OCC(=O)N(C)C1(C#N)CCCCC1. The molecule has 6 heteroatoms. The summed E-state index contributed by atoms with van der Waals surface area (Å²) in [5.41, 5.74) is -0.535. The maximum atomic E-state index is 12.6. The third-order valence-electron chi connectivity index (χ3n) is 5.52. The number of hydrogen-bond donors (Lipinski definition) is 0. The first-order chi connectivity index (χ1) is 13.5. The Balaban J connectivity index is 1.72. The van der Waals surface area contributed by atoms with E-state index in [4.69, 9.17) is 9.47 Å². The molecule has 1 aliphatic carbocycles. The molecule has 2 aromatic carbocycles. The predicted molar refractivity (Wildman–Crippen MR) is 105 cm³/mol. The molecule has 0 aromatic heterocycles. The van der Waals surface area contributed by atoms with Crippen molar-refractivity contribution in [2.24, 2.45) is 0 Å². The maximum Gasteiger partial charge on any atom is 0.342 e. The minimum Gasteiger partial charge on any atom is -0.496 e. The largest absolute Gasteiger partial charge is 0.496 e. The van der Waals surface area contributed by atoms with Crippen molar-refractivity contribution in [3.05, 3.63) is 42.0 Å². The highest BCUT2D eigenvalue weighted by Crippen LogP contribution is 2.32. The highest BCUT2D eigenvalue weighted by Gasteiger charge is 2.39. The molecule has 0 radical (unpaired) electrons. The Labute approximate surface area is 164 Å². The number of benzene rings is 2. The number of hydrogen-bond acceptors (Lipinski definition) is 5. The van der Waals surface area contributed by atoms with Crippen molar-refractivity contribution in [2.75, 3.05) is 20.8 Å². The zero-order valence-corrected chi connectivity index (χ0v) is 16.2. The lowest BCUT2D eigenvalue weighted by Gasteiger charge is -2.38. The van der Waals surface area contributed by atoms with E-state index in [1.165, 1.54) is 12.0 Å². The molecule has 1 amide bonds. The van der Waals surface area contributed by atoms with Crippen LogP contribution in [0.15, 0.2) is 36.4 Å². The topological polar surface area (TPSA) is 79.6 Å². The van der Waals surface area contributed by atoms with Gasteiger partial charge in [0, 0.05) is 7.05 Å². The lowest BCUT2D eigenvalue weighted by atomic mass is 9.81. The van der Waals surface area contributed by atoms with Gasteiger partial charge in [0.1, 0.15) is 16.9 Å². The standard InChI is InChI=1S/C22H24N2O4/c1-24(22(15-23)10-6-3-7-11-22)20(25)14-28-21(26)18-12-16-8-4-5-9-17(16)13-19(18)27-2/h4-5,8-9,12-13H,3,6-7,10-11,14H2,1-2H3. The van der Waals surface area contributed by atoms with E-state index in [2.05, 4.69) is 6.07 Å². The minimum absolute atomic E-state index is 0.268. The van der Waals surface area contributed by atoms with Gasteiger partial charge in [-0.15, -0.1) is 0 Å². The summed E-state index contributed by atoms with van der Waals surface area (Å²) < 4.78 is 10.6. The molecule has 146 valence electrons. The van der Waals surface area contributed by atoms with Crippen LogP contribution in [0, 0.1) is 11.3 Å². The molecular weight excluding hydrogens is 356 g/mol. The highest BCUT2D eigenvalue weighted by atomic mass is 16.5. The van der Waals surface area contributed by atoms with Gasteiger partial charge in [-0.05, 0) is 35.7 Å². The van der Waals surface area contributed by atoms with E-state index in [9.17, 15) is 14.9 Å². The number of likely N-dealkylation sites (N-methyl/N-ethyl adjacent to an activating group) is 1. The average molecular weight is 380 g/mol. The van der Waals surface area contributed by atoms with Gasteiger partial charge in [0.2, 0.25) is 0 Å². The van der Waals surface area contributed by atoms with E-state index in [0.717, 1.165) is 30.0 Å². The number of nitrogens with zero attached hydrogens (tertiary/aromatic N) is 2. The van der Waals surface area contributed by atoms with Crippen LogP contribution in [0.1, 0.15) is 42.5 Å². The van der Waals surface area contributed by atoms with E-state index in [1.807, 2.05) is 24.3 Å². The Hall–Kier alpha value is -3.07. The molecular formula is C22H24N2O4. The Morgan fingerprint density at radius 3 is 2.39 bits per heavy atom. The molecule has 0 atom stereocenters. The second kappa shape index (κ2) is 8.30. The van der Waals surface area contributed by atoms with Gasteiger partial charge in [-0.1, -0.05) is 43.5 Å². The molecule has 1 saturated carbocycles.